The summed E-state index contributed by atoms with van der Waals surface area (Å²) in [6.07, 6.45) is 0.375. The zero-order valence-corrected chi connectivity index (χ0v) is 12.3. The van der Waals surface area contributed by atoms with Crippen molar-refractivity contribution in [3.8, 4) is 0 Å². The van der Waals surface area contributed by atoms with Crippen LogP contribution < -0.4 is 0 Å². The average molecular weight is 318 g/mol. The van der Waals surface area contributed by atoms with E-state index in [4.69, 9.17) is 4.42 Å². The zero-order valence-electron chi connectivity index (χ0n) is 12.3. The summed E-state index contributed by atoms with van der Waals surface area (Å²) in [6, 6.07) is 5.52. The van der Waals surface area contributed by atoms with E-state index in [0.29, 0.717) is 23.9 Å². The molecule has 1 fully saturated rings. The van der Waals surface area contributed by atoms with Crippen molar-refractivity contribution in [2.45, 2.75) is 13.3 Å². The number of non-ortho nitro benzene ring substituents is 1. The SMILES string of the molecule is CC1(C(=O)O)CCN(C(=O)c2cc3cc([N+](=O)[O-])ccc3o2)C1. The van der Waals surface area contributed by atoms with Crippen LogP contribution in [0.15, 0.2) is 28.7 Å². The van der Waals surface area contributed by atoms with Gasteiger partial charge in [-0.05, 0) is 25.5 Å². The number of carboxylic acid groups (broad SMARTS) is 1. The van der Waals surface area contributed by atoms with Gasteiger partial charge in [0.1, 0.15) is 5.58 Å². The van der Waals surface area contributed by atoms with Gasteiger partial charge in [-0.3, -0.25) is 19.7 Å². The maximum absolute atomic E-state index is 12.5. The second-order valence-corrected chi connectivity index (χ2v) is 5.93. The van der Waals surface area contributed by atoms with Crippen LogP contribution >= 0.6 is 0 Å². The van der Waals surface area contributed by atoms with Crippen LogP contribution in [0.5, 0.6) is 0 Å². The van der Waals surface area contributed by atoms with E-state index >= 15 is 0 Å². The third-order valence-corrected chi connectivity index (χ3v) is 4.20. The molecule has 1 aromatic carbocycles. The molecular weight excluding hydrogens is 304 g/mol. The van der Waals surface area contributed by atoms with Gasteiger partial charge < -0.3 is 14.4 Å². The topological polar surface area (TPSA) is 114 Å². The minimum atomic E-state index is -0.958. The minimum absolute atomic E-state index is 0.0511. The molecule has 3 rings (SSSR count). The van der Waals surface area contributed by atoms with E-state index in [0.717, 1.165) is 0 Å². The van der Waals surface area contributed by atoms with Crippen molar-refractivity contribution in [1.29, 1.82) is 0 Å². The van der Waals surface area contributed by atoms with E-state index in [2.05, 4.69) is 0 Å². The molecular formula is C15H14N2O6. The number of carboxylic acids is 1. The van der Waals surface area contributed by atoms with Gasteiger partial charge >= 0.3 is 5.97 Å². The Balaban J connectivity index is 1.87. The maximum atomic E-state index is 12.5. The highest BCUT2D eigenvalue weighted by atomic mass is 16.6. The van der Waals surface area contributed by atoms with Crippen LogP contribution in [0.1, 0.15) is 23.9 Å². The van der Waals surface area contributed by atoms with Crippen molar-refractivity contribution >= 4 is 28.5 Å². The molecule has 1 saturated heterocycles. The van der Waals surface area contributed by atoms with Crippen molar-refractivity contribution < 1.29 is 24.0 Å². The second kappa shape index (κ2) is 5.08. The van der Waals surface area contributed by atoms with E-state index in [-0.39, 0.29) is 18.0 Å². The lowest BCUT2D eigenvalue weighted by atomic mass is 9.90. The molecule has 0 radical (unpaired) electrons. The molecule has 1 aromatic heterocycles. The van der Waals surface area contributed by atoms with E-state index in [9.17, 15) is 24.8 Å². The van der Waals surface area contributed by atoms with E-state index in [1.165, 1.54) is 29.2 Å². The molecule has 1 aliphatic rings. The monoisotopic (exact) mass is 318 g/mol. The Bertz CT molecular complexity index is 826. The molecule has 0 aliphatic carbocycles. The number of nitro benzene ring substituents is 1. The summed E-state index contributed by atoms with van der Waals surface area (Å²) in [5.41, 5.74) is -0.670. The first kappa shape index (κ1) is 15.0. The first-order valence-electron chi connectivity index (χ1n) is 7.01. The molecule has 120 valence electrons. The van der Waals surface area contributed by atoms with Crippen LogP contribution in [0.3, 0.4) is 0 Å². The second-order valence-electron chi connectivity index (χ2n) is 5.93. The van der Waals surface area contributed by atoms with Crippen LogP contribution in [-0.4, -0.2) is 39.9 Å². The summed E-state index contributed by atoms with van der Waals surface area (Å²) in [7, 11) is 0. The zero-order chi connectivity index (χ0) is 16.8. The Kier molecular flexibility index (Phi) is 3.32. The lowest BCUT2D eigenvalue weighted by Gasteiger charge is -2.19. The number of nitrogens with zero attached hydrogens (tertiary/aromatic N) is 2. The third kappa shape index (κ3) is 2.52. The van der Waals surface area contributed by atoms with E-state index in [1.807, 2.05) is 0 Å². The first-order chi connectivity index (χ1) is 10.8. The summed E-state index contributed by atoms with van der Waals surface area (Å²) >= 11 is 0. The predicted octanol–water partition coefficient (Wildman–Crippen LogP) is 2.28. The smallest absolute Gasteiger partial charge is 0.311 e. The Morgan fingerprint density at radius 2 is 2.13 bits per heavy atom. The van der Waals surface area contributed by atoms with Gasteiger partial charge in [0.05, 0.1) is 10.3 Å². The highest BCUT2D eigenvalue weighted by molar-refractivity contribution is 5.97. The number of fused-ring (bicyclic) bond motifs is 1. The lowest BCUT2D eigenvalue weighted by molar-refractivity contribution is -0.384. The van der Waals surface area contributed by atoms with Gasteiger partial charge in [0.25, 0.3) is 11.6 Å². The normalized spacial score (nSPS) is 20.8. The van der Waals surface area contributed by atoms with Crippen molar-refractivity contribution in [2.24, 2.45) is 5.41 Å². The molecule has 0 bridgehead atoms. The first-order valence-corrected chi connectivity index (χ1v) is 7.01. The quantitative estimate of drug-likeness (QED) is 0.686. The average Bonchev–Trinajstić information content (AvgIpc) is 3.10. The number of carbonyl (C=O) groups excluding carboxylic acids is 1. The van der Waals surface area contributed by atoms with Gasteiger partial charge in [0.15, 0.2) is 5.76 Å². The highest BCUT2D eigenvalue weighted by Gasteiger charge is 2.42. The van der Waals surface area contributed by atoms with Crippen LogP contribution in [-0.2, 0) is 4.79 Å². The lowest BCUT2D eigenvalue weighted by Crippen LogP contribution is -2.34. The fourth-order valence-corrected chi connectivity index (χ4v) is 2.71. The van der Waals surface area contributed by atoms with Crippen LogP contribution in [0.25, 0.3) is 11.0 Å². The largest absolute Gasteiger partial charge is 0.481 e. The number of carbonyl (C=O) groups is 2. The number of rotatable bonds is 3. The molecule has 1 aliphatic heterocycles. The van der Waals surface area contributed by atoms with Crippen LogP contribution in [0.4, 0.5) is 5.69 Å². The predicted molar refractivity (Wildman–Crippen MR) is 79.1 cm³/mol. The summed E-state index contributed by atoms with van der Waals surface area (Å²) in [5.74, 6) is -1.29. The summed E-state index contributed by atoms with van der Waals surface area (Å²) in [6.45, 7) is 2.04. The number of aliphatic carboxylic acids is 1. The number of furan rings is 1. The van der Waals surface area contributed by atoms with Crippen molar-refractivity contribution in [1.82, 2.24) is 4.90 Å². The van der Waals surface area contributed by atoms with Gasteiger partial charge in [-0.1, -0.05) is 0 Å². The van der Waals surface area contributed by atoms with Gasteiger partial charge in [-0.25, -0.2) is 0 Å². The van der Waals surface area contributed by atoms with Crippen molar-refractivity contribution in [3.63, 3.8) is 0 Å². The maximum Gasteiger partial charge on any atom is 0.311 e. The molecule has 8 nitrogen and oxygen atoms in total. The van der Waals surface area contributed by atoms with Crippen molar-refractivity contribution in [3.05, 3.63) is 40.1 Å². The van der Waals surface area contributed by atoms with Crippen molar-refractivity contribution in [2.75, 3.05) is 13.1 Å². The Labute approximate surface area is 130 Å². The fraction of sp³-hybridized carbons (Fsp3) is 0.333. The molecule has 0 saturated carbocycles. The summed E-state index contributed by atoms with van der Waals surface area (Å²) in [5, 5.41) is 20.4. The Morgan fingerprint density at radius 3 is 2.74 bits per heavy atom. The summed E-state index contributed by atoms with van der Waals surface area (Å²) in [4.78, 5) is 35.4. The Hall–Kier alpha value is -2.90. The van der Waals surface area contributed by atoms with Crippen LogP contribution in [0, 0.1) is 15.5 Å². The fourth-order valence-electron chi connectivity index (χ4n) is 2.71. The molecule has 1 N–H and O–H groups in total. The molecule has 0 spiro atoms. The van der Waals surface area contributed by atoms with E-state index in [1.54, 1.807) is 6.92 Å². The third-order valence-electron chi connectivity index (χ3n) is 4.20. The van der Waals surface area contributed by atoms with Crippen LogP contribution in [0.2, 0.25) is 0 Å². The number of likely N-dealkylation sites (tertiary alicyclic amines) is 1. The van der Waals surface area contributed by atoms with Gasteiger partial charge in [-0.2, -0.15) is 0 Å². The number of hydrogen-bond acceptors (Lipinski definition) is 5. The molecule has 1 unspecified atom stereocenters. The minimum Gasteiger partial charge on any atom is -0.481 e. The molecule has 8 heteroatoms. The van der Waals surface area contributed by atoms with E-state index < -0.39 is 22.2 Å². The van der Waals surface area contributed by atoms with Gasteiger partial charge in [0, 0.05) is 30.6 Å². The number of benzene rings is 1. The number of nitro groups is 1. The Morgan fingerprint density at radius 1 is 1.39 bits per heavy atom. The molecule has 23 heavy (non-hydrogen) atoms. The van der Waals surface area contributed by atoms with Gasteiger partial charge in [-0.15, -0.1) is 0 Å². The standard InChI is InChI=1S/C15H14N2O6/c1-15(14(19)20)4-5-16(8-15)13(18)12-7-9-6-10(17(21)22)2-3-11(9)23-12/h2-3,6-7H,4-5,8H2,1H3,(H,19,20). The molecule has 2 heterocycles. The number of amides is 1. The highest BCUT2D eigenvalue weighted by Crippen LogP contribution is 2.32. The number of hydrogen-bond donors (Lipinski definition) is 1. The molecule has 2 aromatic rings. The molecule has 1 amide bonds. The summed E-state index contributed by atoms with van der Waals surface area (Å²) < 4.78 is 5.44. The van der Waals surface area contributed by atoms with Gasteiger partial charge in [0.2, 0.25) is 0 Å². The molecule has 1 atom stereocenters.